The molecule has 1 aliphatic heterocycles. The molecule has 1 N–H and O–H groups in total. The third-order valence-electron chi connectivity index (χ3n) is 3.49. The number of rotatable bonds is 5. The Morgan fingerprint density at radius 1 is 1.50 bits per heavy atom. The maximum absolute atomic E-state index is 5.74. The highest BCUT2D eigenvalue weighted by molar-refractivity contribution is 5.49. The first-order valence-corrected chi connectivity index (χ1v) is 7.05. The van der Waals surface area contributed by atoms with Gasteiger partial charge in [0.25, 0.3) is 0 Å². The Bertz CT molecular complexity index is 563. The molecule has 2 aromatic rings. The molecule has 20 heavy (non-hydrogen) atoms. The third-order valence-corrected chi connectivity index (χ3v) is 3.49. The Morgan fingerprint density at radius 3 is 3.25 bits per heavy atom. The second kappa shape index (κ2) is 6.19. The molecule has 6 nitrogen and oxygen atoms in total. The van der Waals surface area contributed by atoms with Crippen LogP contribution in [0.2, 0.25) is 0 Å². The summed E-state index contributed by atoms with van der Waals surface area (Å²) >= 11 is 0. The Kier molecular flexibility index (Phi) is 4.13. The van der Waals surface area contributed by atoms with Crippen LogP contribution >= 0.6 is 0 Å². The fourth-order valence-corrected chi connectivity index (χ4v) is 2.50. The largest absolute Gasteiger partial charge is 0.378 e. The van der Waals surface area contributed by atoms with Gasteiger partial charge in [0.05, 0.1) is 24.6 Å². The normalized spacial score (nSPS) is 19.4. The second-order valence-corrected chi connectivity index (χ2v) is 5.04. The number of hydrogen-bond acceptors (Lipinski definition) is 5. The maximum Gasteiger partial charge on any atom is 0.157 e. The van der Waals surface area contributed by atoms with E-state index in [9.17, 15) is 0 Å². The van der Waals surface area contributed by atoms with Gasteiger partial charge >= 0.3 is 0 Å². The lowest BCUT2D eigenvalue weighted by Gasteiger charge is -2.23. The van der Waals surface area contributed by atoms with Gasteiger partial charge in [0.2, 0.25) is 0 Å². The lowest BCUT2D eigenvalue weighted by Crippen LogP contribution is -2.27. The van der Waals surface area contributed by atoms with Crippen LogP contribution in [0.5, 0.6) is 0 Å². The molecule has 0 aromatic carbocycles. The quantitative estimate of drug-likeness (QED) is 0.903. The maximum atomic E-state index is 5.74. The van der Waals surface area contributed by atoms with E-state index in [-0.39, 0.29) is 6.10 Å². The lowest BCUT2D eigenvalue weighted by atomic mass is 10.1. The van der Waals surface area contributed by atoms with Crippen LogP contribution in [0.15, 0.2) is 18.3 Å². The first-order valence-electron chi connectivity index (χ1n) is 7.05. The van der Waals surface area contributed by atoms with Crippen LogP contribution in [0, 0.1) is 0 Å². The van der Waals surface area contributed by atoms with Gasteiger partial charge in [0, 0.05) is 32.4 Å². The van der Waals surface area contributed by atoms with Gasteiger partial charge in [-0.1, -0.05) is 0 Å². The van der Waals surface area contributed by atoms with Gasteiger partial charge in [0.15, 0.2) is 5.65 Å². The zero-order valence-corrected chi connectivity index (χ0v) is 11.7. The van der Waals surface area contributed by atoms with Crippen molar-refractivity contribution in [3.8, 4) is 0 Å². The van der Waals surface area contributed by atoms with Gasteiger partial charge < -0.3 is 14.8 Å². The summed E-state index contributed by atoms with van der Waals surface area (Å²) in [7, 11) is 1.67. The molecule has 0 amide bonds. The summed E-state index contributed by atoms with van der Waals surface area (Å²) in [5.41, 5.74) is 1.72. The molecule has 0 aliphatic carbocycles. The first kappa shape index (κ1) is 13.3. The molecular weight excluding hydrogens is 256 g/mol. The molecule has 0 radical (unpaired) electrons. The van der Waals surface area contributed by atoms with E-state index < -0.39 is 0 Å². The minimum Gasteiger partial charge on any atom is -0.378 e. The highest BCUT2D eigenvalue weighted by Gasteiger charge is 2.14. The summed E-state index contributed by atoms with van der Waals surface area (Å²) in [6.07, 6.45) is 5.57. The van der Waals surface area contributed by atoms with Crippen molar-refractivity contribution in [2.24, 2.45) is 0 Å². The zero-order chi connectivity index (χ0) is 13.8. The van der Waals surface area contributed by atoms with E-state index in [1.807, 2.05) is 16.6 Å². The Morgan fingerprint density at radius 2 is 2.45 bits per heavy atom. The average molecular weight is 276 g/mol. The lowest BCUT2D eigenvalue weighted by molar-refractivity contribution is 0.0247. The number of nitrogens with one attached hydrogen (secondary N) is 1. The zero-order valence-electron chi connectivity index (χ0n) is 11.7. The highest BCUT2D eigenvalue weighted by atomic mass is 16.5. The summed E-state index contributed by atoms with van der Waals surface area (Å²) in [4.78, 5) is 4.48. The molecule has 0 spiro atoms. The number of methoxy groups -OCH3 is 1. The molecule has 1 fully saturated rings. The summed E-state index contributed by atoms with van der Waals surface area (Å²) in [6, 6.07) is 3.87. The van der Waals surface area contributed by atoms with E-state index in [1.165, 1.54) is 12.8 Å². The van der Waals surface area contributed by atoms with Crippen LogP contribution in [-0.4, -0.2) is 41.0 Å². The van der Waals surface area contributed by atoms with Crippen LogP contribution in [0.1, 0.15) is 25.0 Å². The molecule has 0 saturated carbocycles. The molecule has 3 heterocycles. The molecule has 108 valence electrons. The van der Waals surface area contributed by atoms with Crippen LogP contribution in [0.4, 0.5) is 5.82 Å². The van der Waals surface area contributed by atoms with Gasteiger partial charge in [-0.3, -0.25) is 0 Å². The molecule has 2 aromatic heterocycles. The van der Waals surface area contributed by atoms with E-state index in [4.69, 9.17) is 9.47 Å². The summed E-state index contributed by atoms with van der Waals surface area (Å²) < 4.78 is 12.7. The molecule has 0 unspecified atom stereocenters. The van der Waals surface area contributed by atoms with E-state index in [0.717, 1.165) is 36.7 Å². The van der Waals surface area contributed by atoms with Crippen LogP contribution in [-0.2, 0) is 16.1 Å². The predicted molar refractivity (Wildman–Crippen MR) is 75.8 cm³/mol. The van der Waals surface area contributed by atoms with Crippen molar-refractivity contribution in [1.82, 2.24) is 14.6 Å². The Balaban J connectivity index is 1.76. The summed E-state index contributed by atoms with van der Waals surface area (Å²) in [5, 5.41) is 7.72. The SMILES string of the molecule is COCc1cc(NC[C@H]2CCCCO2)n2nccc2n1. The standard InChI is InChI=1S/C14H20N4O2/c1-19-10-11-8-14(18-13(17-11)5-6-16-18)15-9-12-4-2-3-7-20-12/h5-6,8,12,15H,2-4,7,9-10H2,1H3/t12-/m1/s1. The summed E-state index contributed by atoms with van der Waals surface area (Å²) in [5.74, 6) is 0.932. The van der Waals surface area contributed by atoms with Crippen molar-refractivity contribution < 1.29 is 9.47 Å². The minimum absolute atomic E-state index is 0.286. The van der Waals surface area contributed by atoms with Crippen molar-refractivity contribution in [1.29, 1.82) is 0 Å². The second-order valence-electron chi connectivity index (χ2n) is 5.04. The van der Waals surface area contributed by atoms with Crippen molar-refractivity contribution in [2.75, 3.05) is 25.6 Å². The van der Waals surface area contributed by atoms with Gasteiger partial charge in [-0.2, -0.15) is 9.61 Å². The average Bonchev–Trinajstić information content (AvgIpc) is 2.95. The molecule has 1 saturated heterocycles. The van der Waals surface area contributed by atoms with Crippen LogP contribution in [0.25, 0.3) is 5.65 Å². The minimum atomic E-state index is 0.286. The number of hydrogen-bond donors (Lipinski definition) is 1. The number of nitrogens with zero attached hydrogens (tertiary/aromatic N) is 3. The number of ether oxygens (including phenoxy) is 2. The van der Waals surface area contributed by atoms with Crippen molar-refractivity contribution in [2.45, 2.75) is 32.0 Å². The smallest absolute Gasteiger partial charge is 0.157 e. The fourth-order valence-electron chi connectivity index (χ4n) is 2.50. The van der Waals surface area contributed by atoms with Crippen molar-refractivity contribution in [3.05, 3.63) is 24.0 Å². The van der Waals surface area contributed by atoms with E-state index in [0.29, 0.717) is 6.61 Å². The predicted octanol–water partition coefficient (Wildman–Crippen LogP) is 1.86. The summed E-state index contributed by atoms with van der Waals surface area (Å²) in [6.45, 7) is 2.16. The monoisotopic (exact) mass is 276 g/mol. The fraction of sp³-hybridized carbons (Fsp3) is 0.571. The van der Waals surface area contributed by atoms with Crippen molar-refractivity contribution in [3.63, 3.8) is 0 Å². The van der Waals surface area contributed by atoms with Gasteiger partial charge in [-0.15, -0.1) is 0 Å². The molecule has 0 bridgehead atoms. The number of anilines is 1. The Labute approximate surface area is 118 Å². The van der Waals surface area contributed by atoms with Gasteiger partial charge in [-0.25, -0.2) is 4.98 Å². The van der Waals surface area contributed by atoms with Crippen LogP contribution in [0.3, 0.4) is 0 Å². The molecule has 1 atom stereocenters. The highest BCUT2D eigenvalue weighted by Crippen LogP contribution is 2.16. The molecule has 6 heteroatoms. The van der Waals surface area contributed by atoms with Gasteiger partial charge in [0.1, 0.15) is 5.82 Å². The van der Waals surface area contributed by atoms with Gasteiger partial charge in [-0.05, 0) is 19.3 Å². The Hall–Kier alpha value is -1.66. The molecule has 1 aliphatic rings. The van der Waals surface area contributed by atoms with Crippen molar-refractivity contribution >= 4 is 11.5 Å². The van der Waals surface area contributed by atoms with E-state index >= 15 is 0 Å². The van der Waals surface area contributed by atoms with Crippen LogP contribution < -0.4 is 5.32 Å². The number of fused-ring (bicyclic) bond motifs is 1. The molecule has 3 rings (SSSR count). The van der Waals surface area contributed by atoms with E-state index in [1.54, 1.807) is 13.3 Å². The molecular formula is C14H20N4O2. The van der Waals surface area contributed by atoms with E-state index in [2.05, 4.69) is 15.4 Å². The number of aromatic nitrogens is 3. The first-order chi connectivity index (χ1) is 9.86. The third kappa shape index (κ3) is 2.91. The topological polar surface area (TPSA) is 60.7 Å².